The number of Topliss-reactive ketones (excluding diaryl/α,β-unsaturated/α-hetero) is 4. The van der Waals surface area contributed by atoms with Crippen molar-refractivity contribution < 1.29 is 43.0 Å². The van der Waals surface area contributed by atoms with Crippen LogP contribution in [0.25, 0.3) is 28.8 Å². The highest BCUT2D eigenvalue weighted by atomic mass is 32.1. The molecule has 1 aliphatic heterocycles. The number of thiazole rings is 2. The van der Waals surface area contributed by atoms with E-state index in [9.17, 15) is 19.2 Å². The smallest absolute Gasteiger partial charge is 0.367 e. The zero-order chi connectivity index (χ0) is 47.4. The SMILES string of the molecule is O=C1C(=Nc2nc3sc4c(c3s2)OC(C(=O)OCc2ccccc2)(C(=O)OCc2ccccc2)c2c-4sc3nc(N=C4C(=O)C5CC6CCCCC6CC5C4=O)sc23)C(=O)C2CC3CCCCC3CC12. The van der Waals surface area contributed by atoms with Gasteiger partial charge in [-0.3, -0.25) is 19.2 Å². The highest BCUT2D eigenvalue weighted by Gasteiger charge is 2.61. The van der Waals surface area contributed by atoms with Crippen molar-refractivity contribution >= 4 is 121 Å². The number of carbonyl (C=O) groups is 6. The van der Waals surface area contributed by atoms with Gasteiger partial charge in [0, 0.05) is 23.7 Å². The molecule has 0 radical (unpaired) electrons. The average molecular weight is 1010 g/mol. The first-order chi connectivity index (χ1) is 34.1. The number of thiophene rings is 2. The Bertz CT molecular complexity index is 3130. The van der Waals surface area contributed by atoms with Gasteiger partial charge in [-0.2, -0.15) is 0 Å². The van der Waals surface area contributed by atoms with E-state index in [1.54, 1.807) is 24.3 Å². The van der Waals surface area contributed by atoms with E-state index in [-0.39, 0.29) is 93.0 Å². The number of fused-ring (bicyclic) bond motifs is 11. The molecule has 6 fully saturated rings. The van der Waals surface area contributed by atoms with Gasteiger partial charge in [0.25, 0.3) is 0 Å². The molecule has 5 heterocycles. The average Bonchev–Trinajstić information content (AvgIpc) is 4.22. The molecule has 8 atom stereocenters. The monoisotopic (exact) mass is 1010 g/mol. The van der Waals surface area contributed by atoms with Crippen molar-refractivity contribution in [2.75, 3.05) is 0 Å². The van der Waals surface area contributed by atoms with Crippen LogP contribution in [-0.4, -0.2) is 56.5 Å². The molecule has 2 aromatic carbocycles. The molecule has 0 spiro atoms. The third kappa shape index (κ3) is 7.14. The van der Waals surface area contributed by atoms with Gasteiger partial charge in [-0.15, -0.1) is 22.7 Å². The number of rotatable bonds is 8. The number of benzene rings is 2. The second-order valence-electron chi connectivity index (χ2n) is 20.1. The first-order valence-electron chi connectivity index (χ1n) is 24.5. The molecule has 7 aliphatic rings. The van der Waals surface area contributed by atoms with Crippen molar-refractivity contribution in [3.8, 4) is 15.5 Å². The minimum Gasteiger partial charge on any atom is -0.457 e. The Kier molecular flexibility index (Phi) is 11.0. The van der Waals surface area contributed by atoms with Crippen LogP contribution < -0.4 is 4.74 Å². The summed E-state index contributed by atoms with van der Waals surface area (Å²) in [6.07, 6.45) is 11.8. The molecule has 4 aromatic heterocycles. The number of aromatic nitrogens is 2. The molecule has 13 rings (SSSR count). The predicted octanol–water partition coefficient (Wildman–Crippen LogP) is 10.9. The Hall–Kier alpha value is -5.62. The van der Waals surface area contributed by atoms with Gasteiger partial charge in [-0.1, -0.05) is 135 Å². The van der Waals surface area contributed by atoms with Crippen molar-refractivity contribution in [3.05, 3.63) is 77.4 Å². The van der Waals surface area contributed by atoms with Crippen LogP contribution in [0.15, 0.2) is 70.6 Å². The van der Waals surface area contributed by atoms with Crippen molar-refractivity contribution in [1.29, 1.82) is 0 Å². The maximum Gasteiger partial charge on any atom is 0.367 e. The van der Waals surface area contributed by atoms with E-state index < -0.39 is 17.5 Å². The molecule has 0 bridgehead atoms. The summed E-state index contributed by atoms with van der Waals surface area (Å²) in [5, 5.41) is 0.348. The summed E-state index contributed by atoms with van der Waals surface area (Å²) in [5.74, 6) is -2.41. The largest absolute Gasteiger partial charge is 0.457 e. The lowest BCUT2D eigenvalue weighted by Gasteiger charge is -2.39. The molecule has 0 saturated heterocycles. The summed E-state index contributed by atoms with van der Waals surface area (Å²) >= 11 is 4.68. The highest BCUT2D eigenvalue weighted by Crippen LogP contribution is 2.61. The van der Waals surface area contributed by atoms with Crippen LogP contribution >= 0.6 is 45.3 Å². The Morgan fingerprint density at radius 3 is 1.40 bits per heavy atom. The molecule has 13 nitrogen and oxygen atoms in total. The van der Waals surface area contributed by atoms with Crippen LogP contribution in [-0.2, 0) is 57.1 Å². The molecule has 8 unspecified atom stereocenters. The number of carbonyl (C=O) groups excluding carboxylic acids is 6. The maximum atomic E-state index is 15.2. The van der Waals surface area contributed by atoms with Crippen LogP contribution in [0.3, 0.4) is 0 Å². The van der Waals surface area contributed by atoms with Gasteiger partial charge in [0.2, 0.25) is 10.3 Å². The van der Waals surface area contributed by atoms with Crippen LogP contribution in [0.2, 0.25) is 0 Å². The summed E-state index contributed by atoms with van der Waals surface area (Å²) in [6, 6.07) is 18.2. The summed E-state index contributed by atoms with van der Waals surface area (Å²) in [5.41, 5.74) is -1.16. The van der Waals surface area contributed by atoms with Gasteiger partial charge >= 0.3 is 17.5 Å². The predicted molar refractivity (Wildman–Crippen MR) is 266 cm³/mol. The van der Waals surface area contributed by atoms with E-state index >= 15 is 9.59 Å². The van der Waals surface area contributed by atoms with E-state index in [1.807, 2.05) is 36.4 Å². The van der Waals surface area contributed by atoms with Gasteiger partial charge in [-0.05, 0) is 60.5 Å². The first kappa shape index (κ1) is 44.3. The van der Waals surface area contributed by atoms with Crippen LogP contribution in [0.1, 0.15) is 93.7 Å². The van der Waals surface area contributed by atoms with E-state index in [0.717, 1.165) is 86.9 Å². The second kappa shape index (κ2) is 17.3. The van der Waals surface area contributed by atoms with Gasteiger partial charge in [-0.25, -0.2) is 29.5 Å². The fraction of sp³-hybridized carbons (Fsp3) is 0.434. The van der Waals surface area contributed by atoms with Crippen molar-refractivity contribution in [2.45, 2.75) is 95.9 Å². The molecular formula is C53H46N4O9S4. The third-order valence-electron chi connectivity index (χ3n) is 16.3. The normalized spacial score (nSPS) is 27.5. The first-order valence-corrected chi connectivity index (χ1v) is 27.7. The molecule has 70 heavy (non-hydrogen) atoms. The van der Waals surface area contributed by atoms with E-state index in [1.165, 1.54) is 22.7 Å². The second-order valence-corrected chi connectivity index (χ2v) is 24.0. The standard InChI is InChI=1S/C53H46N4O9S4/c58-38-31-19-27-15-7-8-16-28(27)20-32(31)39(59)36(38)54-51-56-47-44(69-51)35-43(67-47)45-42(66-53(35,49(62)64-23-25-11-3-1-4-12-25)50(63)65-24-26-13-5-2-6-14-26)46-48(68-45)57-52(70-46)55-37-40(60)33-21-29-17-9-10-18-30(29)22-34(33)41(37)61/h1-6,11-14,27-34H,7-10,15-24H2. The lowest BCUT2D eigenvalue weighted by Crippen LogP contribution is -2.52. The maximum absolute atomic E-state index is 15.2. The lowest BCUT2D eigenvalue weighted by molar-refractivity contribution is -0.183. The van der Waals surface area contributed by atoms with Crippen molar-refractivity contribution in [2.24, 2.45) is 57.3 Å². The summed E-state index contributed by atoms with van der Waals surface area (Å²) < 4.78 is 19.9. The van der Waals surface area contributed by atoms with Crippen molar-refractivity contribution in [3.63, 3.8) is 0 Å². The number of esters is 2. The van der Waals surface area contributed by atoms with Gasteiger partial charge in [0.1, 0.15) is 27.6 Å². The quantitative estimate of drug-likeness (QED) is 0.105. The zero-order valence-electron chi connectivity index (χ0n) is 37.9. The Labute approximate surface area is 417 Å². The summed E-state index contributed by atoms with van der Waals surface area (Å²) in [4.78, 5) is 107. The molecule has 356 valence electrons. The lowest BCUT2D eigenvalue weighted by atomic mass is 9.64. The topological polar surface area (TPSA) is 181 Å². The molecule has 6 aromatic rings. The van der Waals surface area contributed by atoms with Crippen LogP contribution in [0.5, 0.6) is 5.75 Å². The minimum atomic E-state index is -2.54. The number of ketones is 4. The Morgan fingerprint density at radius 1 is 0.557 bits per heavy atom. The molecule has 6 aliphatic carbocycles. The fourth-order valence-corrected chi connectivity index (χ4v) is 17.6. The number of nitrogens with zero attached hydrogens (tertiary/aromatic N) is 4. The van der Waals surface area contributed by atoms with Crippen molar-refractivity contribution in [1.82, 2.24) is 9.97 Å². The van der Waals surface area contributed by atoms with Gasteiger partial charge in [0.15, 0.2) is 40.3 Å². The number of aliphatic imine (C=N–C) groups is 2. The number of hydrogen-bond acceptors (Lipinski definition) is 17. The van der Waals surface area contributed by atoms with E-state index in [0.29, 0.717) is 76.5 Å². The zero-order valence-corrected chi connectivity index (χ0v) is 41.2. The third-order valence-corrected chi connectivity index (χ3v) is 20.8. The van der Waals surface area contributed by atoms with Gasteiger partial charge in [0.05, 0.1) is 20.0 Å². The number of ether oxygens (including phenoxy) is 3. The number of hydrogen-bond donors (Lipinski definition) is 0. The van der Waals surface area contributed by atoms with Gasteiger partial charge < -0.3 is 14.2 Å². The Balaban J connectivity index is 0.915. The van der Waals surface area contributed by atoms with E-state index in [4.69, 9.17) is 24.2 Å². The minimum absolute atomic E-state index is 0.0582. The van der Waals surface area contributed by atoms with Crippen LogP contribution in [0, 0.1) is 47.3 Å². The molecule has 17 heteroatoms. The Morgan fingerprint density at radius 2 is 0.957 bits per heavy atom. The molecule has 0 N–H and O–H groups in total. The summed E-state index contributed by atoms with van der Waals surface area (Å²) in [6.45, 7) is -0.371. The highest BCUT2D eigenvalue weighted by molar-refractivity contribution is 7.35. The van der Waals surface area contributed by atoms with Crippen LogP contribution in [0.4, 0.5) is 10.3 Å². The fourth-order valence-electron chi connectivity index (χ4n) is 12.9. The van der Waals surface area contributed by atoms with E-state index in [2.05, 4.69) is 9.98 Å². The summed E-state index contributed by atoms with van der Waals surface area (Å²) in [7, 11) is 0. The molecule has 6 saturated carbocycles. The molecule has 0 amide bonds. The molecular weight excluding hydrogens is 965 g/mol.